The van der Waals surface area contributed by atoms with Gasteiger partial charge in [-0.3, -0.25) is 4.79 Å². The number of Topliss-reactive ketones (excluding diaryl/α,β-unsaturated/α-hetero) is 1. The molecule has 1 aromatic carbocycles. The Morgan fingerprint density at radius 3 is 2.60 bits per heavy atom. The van der Waals surface area contributed by atoms with Crippen molar-refractivity contribution in [2.45, 2.75) is 6.43 Å². The first kappa shape index (κ1) is 9.83. The molecule has 0 unspecified atom stereocenters. The van der Waals surface area contributed by atoms with Crippen molar-refractivity contribution in [2.75, 3.05) is 0 Å². The molecule has 0 fully saturated rings. The number of aryl methyl sites for hydroxylation is 1. The smallest absolute Gasteiger partial charge is 0.302 e. The average Bonchev–Trinajstić information content (AvgIpc) is 2.56. The molecular weight excluding hydrogens is 200 g/mol. The van der Waals surface area contributed by atoms with Crippen LogP contribution in [0.25, 0.3) is 10.9 Å². The fourth-order valence-corrected chi connectivity index (χ4v) is 1.64. The number of hydrogen-bond donors (Lipinski definition) is 0. The minimum atomic E-state index is -2.95. The van der Waals surface area contributed by atoms with Crippen LogP contribution in [0.2, 0.25) is 0 Å². The zero-order chi connectivity index (χ0) is 11.0. The number of carbonyl (C=O) groups excluding carboxylic acids is 1. The van der Waals surface area contributed by atoms with E-state index in [1.54, 1.807) is 31.3 Å². The van der Waals surface area contributed by atoms with Gasteiger partial charge >= 0.3 is 6.43 Å². The molecule has 2 aromatic rings. The summed E-state index contributed by atoms with van der Waals surface area (Å²) in [7, 11) is 1.61. The maximum Gasteiger partial charge on any atom is 0.302 e. The monoisotopic (exact) mass is 209 g/mol. The van der Waals surface area contributed by atoms with Crippen LogP contribution in [0.3, 0.4) is 0 Å². The lowest BCUT2D eigenvalue weighted by atomic mass is 10.2. The van der Waals surface area contributed by atoms with E-state index < -0.39 is 12.2 Å². The number of fused-ring (bicyclic) bond motifs is 1. The molecule has 0 saturated carbocycles. The number of hydrogen-bond acceptors (Lipinski definition) is 1. The molecule has 4 heteroatoms. The van der Waals surface area contributed by atoms with Gasteiger partial charge in [-0.2, -0.15) is 0 Å². The van der Waals surface area contributed by atoms with Crippen LogP contribution in [-0.2, 0) is 7.05 Å². The lowest BCUT2D eigenvalue weighted by Gasteiger charge is -2.01. The van der Waals surface area contributed by atoms with Crippen molar-refractivity contribution in [2.24, 2.45) is 7.05 Å². The fourth-order valence-electron chi connectivity index (χ4n) is 1.64. The first-order chi connectivity index (χ1) is 7.11. The van der Waals surface area contributed by atoms with Crippen LogP contribution in [0.1, 0.15) is 10.5 Å². The summed E-state index contributed by atoms with van der Waals surface area (Å²) in [4.78, 5) is 11.2. The van der Waals surface area contributed by atoms with Gasteiger partial charge in [-0.15, -0.1) is 0 Å². The van der Waals surface area contributed by atoms with Crippen molar-refractivity contribution < 1.29 is 13.6 Å². The molecule has 1 heterocycles. The summed E-state index contributed by atoms with van der Waals surface area (Å²) >= 11 is 0. The number of ketones is 1. The summed E-state index contributed by atoms with van der Waals surface area (Å²) in [6, 6.07) is 8.68. The summed E-state index contributed by atoms with van der Waals surface area (Å²) in [6.07, 6.45) is -2.95. The van der Waals surface area contributed by atoms with Gasteiger partial charge in [0, 0.05) is 18.0 Å². The van der Waals surface area contributed by atoms with E-state index in [1.165, 1.54) is 10.6 Å². The molecule has 0 aliphatic carbocycles. The number of carbonyl (C=O) groups is 1. The molecule has 0 amide bonds. The van der Waals surface area contributed by atoms with Crippen molar-refractivity contribution >= 4 is 16.7 Å². The molecule has 0 aliphatic rings. The molecule has 0 N–H and O–H groups in total. The van der Waals surface area contributed by atoms with Gasteiger partial charge in [-0.1, -0.05) is 18.2 Å². The number of nitrogens with zero attached hydrogens (tertiary/aromatic N) is 1. The SMILES string of the molecule is Cn1c(C(=O)C(F)F)cc2ccccc21. The third-order valence-electron chi connectivity index (χ3n) is 2.40. The lowest BCUT2D eigenvalue weighted by molar-refractivity contribution is 0.0670. The number of halogens is 2. The maximum atomic E-state index is 12.3. The molecule has 0 spiro atoms. The topological polar surface area (TPSA) is 22.0 Å². The van der Waals surface area contributed by atoms with E-state index in [2.05, 4.69) is 0 Å². The molecule has 0 radical (unpaired) electrons. The largest absolute Gasteiger partial charge is 0.341 e. The van der Waals surface area contributed by atoms with Gasteiger partial charge in [0.25, 0.3) is 0 Å². The fraction of sp³-hybridized carbons (Fsp3) is 0.182. The van der Waals surface area contributed by atoms with Crippen LogP contribution in [0.15, 0.2) is 30.3 Å². The van der Waals surface area contributed by atoms with Gasteiger partial charge in [0.2, 0.25) is 5.78 Å². The Morgan fingerprint density at radius 1 is 1.33 bits per heavy atom. The predicted octanol–water partition coefficient (Wildman–Crippen LogP) is 2.63. The predicted molar refractivity (Wildman–Crippen MR) is 53.3 cm³/mol. The van der Waals surface area contributed by atoms with E-state index in [1.807, 2.05) is 0 Å². The van der Waals surface area contributed by atoms with Crippen molar-refractivity contribution in [3.63, 3.8) is 0 Å². The summed E-state index contributed by atoms with van der Waals surface area (Å²) in [6.45, 7) is 0. The molecular formula is C11H9F2NO. The van der Waals surface area contributed by atoms with E-state index in [4.69, 9.17) is 0 Å². The quantitative estimate of drug-likeness (QED) is 0.697. The van der Waals surface area contributed by atoms with Gasteiger partial charge < -0.3 is 4.57 Å². The van der Waals surface area contributed by atoms with Crippen molar-refractivity contribution in [3.8, 4) is 0 Å². The summed E-state index contributed by atoms with van der Waals surface area (Å²) in [5.74, 6) is -1.13. The molecule has 0 bridgehead atoms. The highest BCUT2D eigenvalue weighted by molar-refractivity contribution is 6.01. The third-order valence-corrected chi connectivity index (χ3v) is 2.40. The van der Waals surface area contributed by atoms with Gasteiger partial charge in [0.15, 0.2) is 0 Å². The number of benzene rings is 1. The highest BCUT2D eigenvalue weighted by Gasteiger charge is 2.21. The molecule has 0 atom stereocenters. The molecule has 2 rings (SSSR count). The Balaban J connectivity index is 2.63. The van der Waals surface area contributed by atoms with Crippen LogP contribution < -0.4 is 0 Å². The van der Waals surface area contributed by atoms with Crippen LogP contribution in [0.5, 0.6) is 0 Å². The first-order valence-electron chi connectivity index (χ1n) is 4.48. The second-order valence-electron chi connectivity index (χ2n) is 3.31. The number of rotatable bonds is 2. The highest BCUT2D eigenvalue weighted by Crippen LogP contribution is 2.20. The number of para-hydroxylation sites is 1. The van der Waals surface area contributed by atoms with Crippen LogP contribution >= 0.6 is 0 Å². The maximum absolute atomic E-state index is 12.3. The second-order valence-corrected chi connectivity index (χ2v) is 3.31. The Bertz CT molecular complexity index is 516. The average molecular weight is 209 g/mol. The Morgan fingerprint density at radius 2 is 2.00 bits per heavy atom. The van der Waals surface area contributed by atoms with Crippen molar-refractivity contribution in [1.29, 1.82) is 0 Å². The summed E-state index contributed by atoms with van der Waals surface area (Å²) in [5, 5.41) is 0.795. The zero-order valence-electron chi connectivity index (χ0n) is 8.08. The molecule has 1 aromatic heterocycles. The first-order valence-corrected chi connectivity index (χ1v) is 4.48. The van der Waals surface area contributed by atoms with Gasteiger partial charge in [0.1, 0.15) is 0 Å². The third kappa shape index (κ3) is 1.52. The normalized spacial score (nSPS) is 11.2. The number of alkyl halides is 2. The standard InChI is InChI=1S/C11H9F2NO/c1-14-8-5-3-2-4-7(8)6-9(14)10(15)11(12)13/h2-6,11H,1H3. The molecule has 2 nitrogen and oxygen atoms in total. The Labute approximate surface area is 85.1 Å². The van der Waals surface area contributed by atoms with Crippen molar-refractivity contribution in [3.05, 3.63) is 36.0 Å². The van der Waals surface area contributed by atoms with Crippen LogP contribution in [-0.4, -0.2) is 16.8 Å². The minimum Gasteiger partial charge on any atom is -0.341 e. The van der Waals surface area contributed by atoms with Crippen LogP contribution in [0.4, 0.5) is 8.78 Å². The van der Waals surface area contributed by atoms with E-state index in [0.717, 1.165) is 10.9 Å². The van der Waals surface area contributed by atoms with E-state index in [0.29, 0.717) is 0 Å². The zero-order valence-corrected chi connectivity index (χ0v) is 8.08. The van der Waals surface area contributed by atoms with E-state index >= 15 is 0 Å². The lowest BCUT2D eigenvalue weighted by Crippen LogP contribution is -2.13. The van der Waals surface area contributed by atoms with Gasteiger partial charge in [0.05, 0.1) is 5.69 Å². The summed E-state index contributed by atoms with van der Waals surface area (Å²) < 4.78 is 26.0. The number of aromatic nitrogens is 1. The highest BCUT2D eigenvalue weighted by atomic mass is 19.3. The van der Waals surface area contributed by atoms with Crippen molar-refractivity contribution in [1.82, 2.24) is 4.57 Å². The molecule has 15 heavy (non-hydrogen) atoms. The summed E-state index contributed by atoms with van der Waals surface area (Å²) in [5.41, 5.74) is 0.827. The molecule has 78 valence electrons. The van der Waals surface area contributed by atoms with Gasteiger partial charge in [-0.25, -0.2) is 8.78 Å². The second kappa shape index (κ2) is 3.46. The Hall–Kier alpha value is -1.71. The molecule has 0 aliphatic heterocycles. The van der Waals surface area contributed by atoms with Crippen LogP contribution in [0, 0.1) is 0 Å². The van der Waals surface area contributed by atoms with Gasteiger partial charge in [-0.05, 0) is 12.1 Å². The van der Waals surface area contributed by atoms with E-state index in [-0.39, 0.29) is 5.69 Å². The molecule has 0 saturated heterocycles. The minimum absolute atomic E-state index is 0.0474. The van der Waals surface area contributed by atoms with E-state index in [9.17, 15) is 13.6 Å². The Kier molecular flexibility index (Phi) is 2.26.